The second-order valence-corrected chi connectivity index (χ2v) is 6.82. The summed E-state index contributed by atoms with van der Waals surface area (Å²) in [6.07, 6.45) is 1.51. The van der Waals surface area contributed by atoms with Crippen molar-refractivity contribution in [1.29, 1.82) is 0 Å². The number of benzene rings is 2. The van der Waals surface area contributed by atoms with Gasteiger partial charge in [0.15, 0.2) is 11.5 Å². The molecule has 0 unspecified atom stereocenters. The Hall–Kier alpha value is -3.55. The van der Waals surface area contributed by atoms with Crippen LogP contribution in [0.3, 0.4) is 0 Å². The molecule has 0 saturated heterocycles. The van der Waals surface area contributed by atoms with Crippen LogP contribution in [0.4, 0.5) is 0 Å². The van der Waals surface area contributed by atoms with Crippen LogP contribution in [0.5, 0.6) is 17.2 Å². The number of nitrogens with zero attached hydrogens (tertiary/aromatic N) is 1. The first-order valence-electron chi connectivity index (χ1n) is 9.48. The Kier molecular flexibility index (Phi) is 8.68. The molecular weight excluding hydrogens is 386 g/mol. The summed E-state index contributed by atoms with van der Waals surface area (Å²) in [5.74, 6) is 1.32. The molecule has 160 valence electrons. The van der Waals surface area contributed by atoms with Crippen LogP contribution in [0.25, 0.3) is 0 Å². The van der Waals surface area contributed by atoms with Crippen molar-refractivity contribution < 1.29 is 23.8 Å². The van der Waals surface area contributed by atoms with Gasteiger partial charge in [0.25, 0.3) is 11.8 Å². The van der Waals surface area contributed by atoms with Crippen LogP contribution in [0, 0.1) is 5.92 Å². The van der Waals surface area contributed by atoms with Gasteiger partial charge < -0.3 is 19.5 Å². The summed E-state index contributed by atoms with van der Waals surface area (Å²) in [7, 11) is 2.99. The molecule has 2 N–H and O–H groups in total. The van der Waals surface area contributed by atoms with E-state index in [1.54, 1.807) is 18.2 Å². The fourth-order valence-corrected chi connectivity index (χ4v) is 2.37. The fourth-order valence-electron chi connectivity index (χ4n) is 2.37. The SMILES string of the molecule is COc1ccc(C(=O)NCC(=O)N/N=C\c2ccc(OCC(C)C)cc2)cc1OC. The molecule has 2 aromatic carbocycles. The van der Waals surface area contributed by atoms with Gasteiger partial charge in [0, 0.05) is 5.56 Å². The third kappa shape index (κ3) is 7.12. The Morgan fingerprint density at radius 1 is 1.03 bits per heavy atom. The largest absolute Gasteiger partial charge is 0.493 e. The predicted octanol–water partition coefficient (Wildman–Crippen LogP) is 2.62. The maximum atomic E-state index is 12.2. The number of carbonyl (C=O) groups is 2. The van der Waals surface area contributed by atoms with Crippen molar-refractivity contribution >= 4 is 18.0 Å². The van der Waals surface area contributed by atoms with Crippen LogP contribution >= 0.6 is 0 Å². The Labute approximate surface area is 176 Å². The lowest BCUT2D eigenvalue weighted by Gasteiger charge is -2.09. The standard InChI is InChI=1S/C22H27N3O5/c1-15(2)14-30-18-8-5-16(6-9-18)12-24-25-21(26)13-23-22(27)17-7-10-19(28-3)20(11-17)29-4/h5-12,15H,13-14H2,1-4H3,(H,23,27)(H,25,26)/b24-12-. The molecule has 0 aliphatic carbocycles. The number of hydrazone groups is 1. The molecule has 0 bridgehead atoms. The average Bonchev–Trinajstić information content (AvgIpc) is 2.76. The highest BCUT2D eigenvalue weighted by Gasteiger charge is 2.11. The van der Waals surface area contributed by atoms with Crippen LogP contribution in [-0.4, -0.2) is 45.4 Å². The van der Waals surface area contributed by atoms with E-state index in [2.05, 4.69) is 29.7 Å². The minimum atomic E-state index is -0.447. The number of rotatable bonds is 10. The van der Waals surface area contributed by atoms with E-state index < -0.39 is 11.8 Å². The third-order valence-corrected chi connectivity index (χ3v) is 3.92. The molecule has 0 fully saturated rings. The second kappa shape index (κ2) is 11.5. The van der Waals surface area contributed by atoms with Crippen LogP contribution in [0.15, 0.2) is 47.6 Å². The van der Waals surface area contributed by atoms with Crippen molar-refractivity contribution in [3.63, 3.8) is 0 Å². The number of carbonyl (C=O) groups excluding carboxylic acids is 2. The van der Waals surface area contributed by atoms with E-state index in [4.69, 9.17) is 14.2 Å². The molecule has 2 amide bonds. The van der Waals surface area contributed by atoms with E-state index in [1.165, 1.54) is 20.4 Å². The van der Waals surface area contributed by atoms with Gasteiger partial charge in [-0.15, -0.1) is 0 Å². The van der Waals surface area contributed by atoms with E-state index in [0.717, 1.165) is 11.3 Å². The molecule has 2 aromatic rings. The Morgan fingerprint density at radius 2 is 1.73 bits per heavy atom. The quantitative estimate of drug-likeness (QED) is 0.461. The maximum Gasteiger partial charge on any atom is 0.259 e. The van der Waals surface area contributed by atoms with Crippen LogP contribution in [0.2, 0.25) is 0 Å². The summed E-state index contributed by atoms with van der Waals surface area (Å²) in [5, 5.41) is 6.42. The van der Waals surface area contributed by atoms with E-state index in [-0.39, 0.29) is 6.54 Å². The third-order valence-electron chi connectivity index (χ3n) is 3.92. The smallest absolute Gasteiger partial charge is 0.259 e. The summed E-state index contributed by atoms with van der Waals surface area (Å²) in [6.45, 7) is 4.60. The number of nitrogens with one attached hydrogen (secondary N) is 2. The maximum absolute atomic E-state index is 12.2. The zero-order valence-corrected chi connectivity index (χ0v) is 17.6. The topological polar surface area (TPSA) is 98.2 Å². The molecule has 8 nitrogen and oxygen atoms in total. The molecule has 0 aliphatic rings. The van der Waals surface area contributed by atoms with Gasteiger partial charge in [-0.05, 0) is 53.9 Å². The second-order valence-electron chi connectivity index (χ2n) is 6.82. The highest BCUT2D eigenvalue weighted by molar-refractivity contribution is 5.97. The molecule has 2 rings (SSSR count). The van der Waals surface area contributed by atoms with E-state index in [0.29, 0.717) is 29.6 Å². The number of hydrogen-bond donors (Lipinski definition) is 2. The zero-order chi connectivity index (χ0) is 21.9. The fraction of sp³-hybridized carbons (Fsp3) is 0.318. The molecule has 0 spiro atoms. The summed E-state index contributed by atoms with van der Waals surface area (Å²) in [4.78, 5) is 24.1. The normalized spacial score (nSPS) is 10.7. The van der Waals surface area contributed by atoms with Crippen molar-refractivity contribution in [1.82, 2.24) is 10.7 Å². The van der Waals surface area contributed by atoms with Crippen LogP contribution in [-0.2, 0) is 4.79 Å². The summed E-state index contributed by atoms with van der Waals surface area (Å²) in [6, 6.07) is 12.1. The number of amides is 2. The number of hydrogen-bond acceptors (Lipinski definition) is 6. The van der Waals surface area contributed by atoms with E-state index in [1.807, 2.05) is 24.3 Å². The lowest BCUT2D eigenvalue weighted by atomic mass is 10.2. The van der Waals surface area contributed by atoms with Gasteiger partial charge in [-0.1, -0.05) is 13.8 Å². The minimum Gasteiger partial charge on any atom is -0.493 e. The average molecular weight is 413 g/mol. The molecule has 0 radical (unpaired) electrons. The van der Waals surface area contributed by atoms with Gasteiger partial charge >= 0.3 is 0 Å². The lowest BCUT2D eigenvalue weighted by molar-refractivity contribution is -0.120. The molecule has 0 atom stereocenters. The number of ether oxygens (including phenoxy) is 3. The summed E-state index contributed by atoms with van der Waals surface area (Å²) >= 11 is 0. The Balaban J connectivity index is 1.80. The van der Waals surface area contributed by atoms with Crippen LogP contribution < -0.4 is 25.0 Å². The molecular formula is C22H27N3O5. The first-order valence-corrected chi connectivity index (χ1v) is 9.48. The summed E-state index contributed by atoms with van der Waals surface area (Å²) < 4.78 is 15.9. The van der Waals surface area contributed by atoms with Gasteiger partial charge in [-0.25, -0.2) is 5.43 Å². The number of methoxy groups -OCH3 is 2. The molecule has 8 heteroatoms. The van der Waals surface area contributed by atoms with Gasteiger partial charge in [-0.3, -0.25) is 9.59 Å². The van der Waals surface area contributed by atoms with Crippen molar-refractivity contribution in [3.05, 3.63) is 53.6 Å². The molecule has 30 heavy (non-hydrogen) atoms. The zero-order valence-electron chi connectivity index (χ0n) is 17.6. The monoisotopic (exact) mass is 413 g/mol. The first kappa shape index (κ1) is 22.7. The van der Waals surface area contributed by atoms with Gasteiger partial charge in [-0.2, -0.15) is 5.10 Å². The van der Waals surface area contributed by atoms with Gasteiger partial charge in [0.05, 0.1) is 33.6 Å². The van der Waals surface area contributed by atoms with E-state index in [9.17, 15) is 9.59 Å². The highest BCUT2D eigenvalue weighted by Crippen LogP contribution is 2.27. The van der Waals surface area contributed by atoms with Crippen molar-refractivity contribution in [2.45, 2.75) is 13.8 Å². The molecule has 0 heterocycles. The molecule has 0 saturated carbocycles. The lowest BCUT2D eigenvalue weighted by Crippen LogP contribution is -2.34. The van der Waals surface area contributed by atoms with Crippen LogP contribution in [0.1, 0.15) is 29.8 Å². The van der Waals surface area contributed by atoms with Crippen molar-refractivity contribution in [2.24, 2.45) is 11.0 Å². The van der Waals surface area contributed by atoms with Crippen molar-refractivity contribution in [2.75, 3.05) is 27.4 Å². The molecule has 0 aromatic heterocycles. The molecule has 0 aliphatic heterocycles. The van der Waals surface area contributed by atoms with E-state index >= 15 is 0 Å². The Morgan fingerprint density at radius 3 is 2.37 bits per heavy atom. The predicted molar refractivity (Wildman–Crippen MR) is 114 cm³/mol. The first-order chi connectivity index (χ1) is 14.4. The van der Waals surface area contributed by atoms with Crippen molar-refractivity contribution in [3.8, 4) is 17.2 Å². The van der Waals surface area contributed by atoms with Gasteiger partial charge in [0.1, 0.15) is 5.75 Å². The highest BCUT2D eigenvalue weighted by atomic mass is 16.5. The minimum absolute atomic E-state index is 0.216. The Bertz CT molecular complexity index is 879. The summed E-state index contributed by atoms with van der Waals surface area (Å²) in [5.41, 5.74) is 3.53. The van der Waals surface area contributed by atoms with Gasteiger partial charge in [0.2, 0.25) is 0 Å².